The predicted molar refractivity (Wildman–Crippen MR) is 129 cm³/mol. The minimum Gasteiger partial charge on any atom is -0.495 e. The summed E-state index contributed by atoms with van der Waals surface area (Å²) in [5.74, 6) is -0.000503. The van der Waals surface area contributed by atoms with Crippen LogP contribution in [0.3, 0.4) is 0 Å². The number of carbonyl (C=O) groups excluding carboxylic acids is 1. The summed E-state index contributed by atoms with van der Waals surface area (Å²) in [6.07, 6.45) is 0.866. The number of anilines is 1. The van der Waals surface area contributed by atoms with E-state index in [2.05, 4.69) is 30.4 Å². The first-order valence-corrected chi connectivity index (χ1v) is 12.4. The zero-order chi connectivity index (χ0) is 25.1. The minimum atomic E-state index is -4.07. The molecule has 0 atom stereocenters. The lowest BCUT2D eigenvalue weighted by Crippen LogP contribution is -2.44. The minimum absolute atomic E-state index is 0.0317. The predicted octanol–water partition coefficient (Wildman–Crippen LogP) is 3.35. The highest BCUT2D eigenvalue weighted by atomic mass is 32.2. The number of hydrogen-bond acceptors (Lipinski definition) is 7. The highest BCUT2D eigenvalue weighted by Gasteiger charge is 2.27. The van der Waals surface area contributed by atoms with Crippen molar-refractivity contribution in [3.63, 3.8) is 0 Å². The summed E-state index contributed by atoms with van der Waals surface area (Å²) >= 11 is 0. The molecule has 1 saturated heterocycles. The second-order valence-corrected chi connectivity index (χ2v) is 10.8. The van der Waals surface area contributed by atoms with Crippen LogP contribution in [0.5, 0.6) is 5.75 Å². The van der Waals surface area contributed by atoms with Gasteiger partial charge >= 0.3 is 0 Å². The smallest absolute Gasteiger partial charge is 0.271 e. The molecule has 1 aliphatic heterocycles. The van der Waals surface area contributed by atoms with Gasteiger partial charge in [0.15, 0.2) is 0 Å². The molecule has 1 aliphatic rings. The molecule has 0 aromatic heterocycles. The average Bonchev–Trinajstić information content (AvgIpc) is 3.05. The van der Waals surface area contributed by atoms with Crippen molar-refractivity contribution < 1.29 is 22.9 Å². The van der Waals surface area contributed by atoms with E-state index in [1.807, 2.05) is 0 Å². The van der Waals surface area contributed by atoms with Crippen molar-refractivity contribution >= 4 is 27.3 Å². The van der Waals surface area contributed by atoms with Gasteiger partial charge in [0.25, 0.3) is 21.6 Å². The van der Waals surface area contributed by atoms with Crippen molar-refractivity contribution in [3.05, 3.63) is 58.1 Å². The largest absolute Gasteiger partial charge is 0.495 e. The highest BCUT2D eigenvalue weighted by molar-refractivity contribution is 7.92. The van der Waals surface area contributed by atoms with Crippen LogP contribution >= 0.6 is 0 Å². The van der Waals surface area contributed by atoms with E-state index in [-0.39, 0.29) is 33.5 Å². The summed E-state index contributed by atoms with van der Waals surface area (Å²) in [7, 11) is -2.73. The van der Waals surface area contributed by atoms with E-state index in [9.17, 15) is 23.3 Å². The van der Waals surface area contributed by atoms with Gasteiger partial charge in [0.05, 0.1) is 22.6 Å². The normalized spacial score (nSPS) is 15.5. The maximum absolute atomic E-state index is 13.0. The van der Waals surface area contributed by atoms with Crippen molar-refractivity contribution in [3.8, 4) is 5.75 Å². The van der Waals surface area contributed by atoms with E-state index in [1.54, 1.807) is 4.90 Å². The third kappa shape index (κ3) is 5.84. The first-order valence-electron chi connectivity index (χ1n) is 10.9. The van der Waals surface area contributed by atoms with E-state index in [0.29, 0.717) is 18.7 Å². The summed E-state index contributed by atoms with van der Waals surface area (Å²) in [6, 6.07) is 9.29. The molecule has 1 heterocycles. The fourth-order valence-electron chi connectivity index (χ4n) is 3.84. The number of carbonyl (C=O) groups is 1. The Hall–Kier alpha value is -3.18. The molecule has 1 amide bonds. The number of hydrogen-bond donors (Lipinski definition) is 1. The van der Waals surface area contributed by atoms with Gasteiger partial charge in [-0.2, -0.15) is 0 Å². The van der Waals surface area contributed by atoms with Crippen LogP contribution in [0.4, 0.5) is 11.4 Å². The number of amides is 1. The van der Waals surface area contributed by atoms with E-state index in [0.717, 1.165) is 25.6 Å². The van der Waals surface area contributed by atoms with Gasteiger partial charge in [0.1, 0.15) is 5.75 Å². The third-order valence-electron chi connectivity index (χ3n) is 5.78. The van der Waals surface area contributed by atoms with Crippen LogP contribution in [0.2, 0.25) is 0 Å². The number of nitrogens with one attached hydrogen (secondary N) is 1. The molecular formula is C23H30N4O6S. The van der Waals surface area contributed by atoms with E-state index < -0.39 is 14.9 Å². The molecule has 2 aromatic carbocycles. The molecule has 34 heavy (non-hydrogen) atoms. The SMILES string of the molecule is COc1ccc([N+](=O)[O-])cc1NS(=O)(=O)c1ccc(C(=O)N2CCCN(C(C)(C)C)CC2)cc1. The molecule has 2 aromatic rings. The Morgan fingerprint density at radius 2 is 1.74 bits per heavy atom. The second kappa shape index (κ2) is 9.98. The number of nitro groups is 1. The lowest BCUT2D eigenvalue weighted by atomic mass is 10.1. The Morgan fingerprint density at radius 3 is 2.32 bits per heavy atom. The van der Waals surface area contributed by atoms with E-state index >= 15 is 0 Å². The van der Waals surface area contributed by atoms with Crippen LogP contribution in [-0.2, 0) is 10.0 Å². The van der Waals surface area contributed by atoms with Crippen molar-refractivity contribution in [2.75, 3.05) is 38.0 Å². The van der Waals surface area contributed by atoms with E-state index in [1.165, 1.54) is 43.5 Å². The molecular weight excluding hydrogens is 460 g/mol. The standard InChI is InChI=1S/C23H30N4O6S/c1-23(2,3)26-13-5-12-25(14-15-26)22(28)17-6-9-19(10-7-17)34(31,32)24-20-16-18(27(29)30)8-11-21(20)33-4/h6-11,16,24H,5,12-15H2,1-4H3. The Balaban J connectivity index is 1.75. The molecule has 0 saturated carbocycles. The van der Waals surface area contributed by atoms with Gasteiger partial charge < -0.3 is 9.64 Å². The van der Waals surface area contributed by atoms with Gasteiger partial charge in [0.2, 0.25) is 0 Å². The molecule has 0 spiro atoms. The number of benzene rings is 2. The van der Waals surface area contributed by atoms with Crippen molar-refractivity contribution in [1.29, 1.82) is 0 Å². The van der Waals surface area contributed by atoms with Crippen LogP contribution in [0, 0.1) is 10.1 Å². The Morgan fingerprint density at radius 1 is 1.06 bits per heavy atom. The van der Waals surface area contributed by atoms with Crippen LogP contribution < -0.4 is 9.46 Å². The summed E-state index contributed by atoms with van der Waals surface area (Å²) in [6.45, 7) is 9.39. The first-order chi connectivity index (χ1) is 15.9. The molecule has 0 radical (unpaired) electrons. The maximum Gasteiger partial charge on any atom is 0.271 e. The number of nitro benzene ring substituents is 1. The quantitative estimate of drug-likeness (QED) is 0.487. The zero-order valence-corrected chi connectivity index (χ0v) is 20.6. The van der Waals surface area contributed by atoms with Crippen LogP contribution in [-0.4, -0.2) is 67.9 Å². The van der Waals surface area contributed by atoms with Crippen molar-refractivity contribution in [1.82, 2.24) is 9.80 Å². The molecule has 1 N–H and O–H groups in total. The fourth-order valence-corrected chi connectivity index (χ4v) is 4.90. The number of methoxy groups -OCH3 is 1. The van der Waals surface area contributed by atoms with Crippen LogP contribution in [0.25, 0.3) is 0 Å². The van der Waals surface area contributed by atoms with Crippen molar-refractivity contribution in [2.45, 2.75) is 37.6 Å². The molecule has 0 aliphatic carbocycles. The molecule has 1 fully saturated rings. The lowest BCUT2D eigenvalue weighted by molar-refractivity contribution is -0.384. The van der Waals surface area contributed by atoms with Crippen LogP contribution in [0.15, 0.2) is 47.4 Å². The Labute approximate surface area is 199 Å². The number of rotatable bonds is 6. The number of sulfonamides is 1. The van der Waals surface area contributed by atoms with Gasteiger partial charge in [-0.15, -0.1) is 0 Å². The molecule has 11 heteroatoms. The van der Waals surface area contributed by atoms with Gasteiger partial charge in [-0.25, -0.2) is 8.42 Å². The molecule has 0 unspecified atom stereocenters. The first kappa shape index (κ1) is 25.4. The maximum atomic E-state index is 13.0. The monoisotopic (exact) mass is 490 g/mol. The third-order valence-corrected chi connectivity index (χ3v) is 7.16. The number of non-ortho nitro benzene ring substituents is 1. The molecule has 10 nitrogen and oxygen atoms in total. The fraction of sp³-hybridized carbons (Fsp3) is 0.435. The number of ether oxygens (including phenoxy) is 1. The second-order valence-electron chi connectivity index (χ2n) is 9.08. The van der Waals surface area contributed by atoms with Gasteiger partial charge in [-0.1, -0.05) is 0 Å². The van der Waals surface area contributed by atoms with Gasteiger partial charge in [-0.3, -0.25) is 24.5 Å². The Kier molecular flexibility index (Phi) is 7.47. The Bertz CT molecular complexity index is 1160. The van der Waals surface area contributed by atoms with Gasteiger partial charge in [-0.05, 0) is 57.5 Å². The van der Waals surface area contributed by atoms with E-state index in [4.69, 9.17) is 4.74 Å². The summed E-state index contributed by atoms with van der Waals surface area (Å²) in [5, 5.41) is 11.1. The number of nitrogens with zero attached hydrogens (tertiary/aromatic N) is 3. The summed E-state index contributed by atoms with van der Waals surface area (Å²) < 4.78 is 33.2. The highest BCUT2D eigenvalue weighted by Crippen LogP contribution is 2.31. The van der Waals surface area contributed by atoms with Gasteiger partial charge in [0, 0.05) is 49.4 Å². The molecule has 3 rings (SSSR count). The van der Waals surface area contributed by atoms with Crippen molar-refractivity contribution in [2.24, 2.45) is 0 Å². The topological polar surface area (TPSA) is 122 Å². The molecule has 0 bridgehead atoms. The van der Waals surface area contributed by atoms with Crippen LogP contribution in [0.1, 0.15) is 37.6 Å². The molecule has 184 valence electrons. The lowest BCUT2D eigenvalue weighted by Gasteiger charge is -2.34. The zero-order valence-electron chi connectivity index (χ0n) is 19.8. The summed E-state index contributed by atoms with van der Waals surface area (Å²) in [4.78, 5) is 27.5. The average molecular weight is 491 g/mol. The summed E-state index contributed by atoms with van der Waals surface area (Å²) in [5.41, 5.74) is 0.104.